The number of halogens is 1. The predicted octanol–water partition coefficient (Wildman–Crippen LogP) is 3.51. The van der Waals surface area contributed by atoms with E-state index in [2.05, 4.69) is 34.6 Å². The molecule has 0 unspecified atom stereocenters. The summed E-state index contributed by atoms with van der Waals surface area (Å²) in [6, 6.07) is 3.88. The number of ether oxygens (including phenoxy) is 3. The van der Waals surface area contributed by atoms with E-state index in [1.165, 1.54) is 32.2 Å². The molecule has 1 rings (SSSR count). The van der Waals surface area contributed by atoms with Crippen LogP contribution in [0.4, 0.5) is 0 Å². The molecule has 0 amide bonds. The molecule has 1 aromatic rings. The van der Waals surface area contributed by atoms with E-state index in [0.29, 0.717) is 23.8 Å². The van der Waals surface area contributed by atoms with Crippen molar-refractivity contribution in [1.82, 2.24) is 15.5 Å². The minimum absolute atomic E-state index is 0. The zero-order valence-electron chi connectivity index (χ0n) is 18.8. The van der Waals surface area contributed by atoms with E-state index in [1.54, 1.807) is 28.4 Å². The van der Waals surface area contributed by atoms with Crippen LogP contribution in [-0.2, 0) is 6.54 Å². The van der Waals surface area contributed by atoms with Gasteiger partial charge in [-0.1, -0.05) is 19.3 Å². The fourth-order valence-electron chi connectivity index (χ4n) is 2.93. The molecule has 0 saturated carbocycles. The first-order valence-corrected chi connectivity index (χ1v) is 9.93. The van der Waals surface area contributed by atoms with Gasteiger partial charge in [0, 0.05) is 20.1 Å². The molecular formula is C21H39IN4O3. The summed E-state index contributed by atoms with van der Waals surface area (Å²) < 4.78 is 16.2. The lowest BCUT2D eigenvalue weighted by atomic mass is 10.1. The molecule has 168 valence electrons. The van der Waals surface area contributed by atoms with Crippen molar-refractivity contribution in [3.05, 3.63) is 17.7 Å². The number of unbranched alkanes of at least 4 members (excludes halogenated alkanes) is 4. The van der Waals surface area contributed by atoms with Gasteiger partial charge in [0.25, 0.3) is 0 Å². The third-order valence-electron chi connectivity index (χ3n) is 4.48. The zero-order valence-corrected chi connectivity index (χ0v) is 21.2. The highest BCUT2D eigenvalue weighted by atomic mass is 127. The Hall–Kier alpha value is -1.42. The molecule has 0 radical (unpaired) electrons. The number of hydrogen-bond donors (Lipinski definition) is 2. The van der Waals surface area contributed by atoms with Gasteiger partial charge in [-0.3, -0.25) is 4.99 Å². The van der Waals surface area contributed by atoms with Crippen LogP contribution in [0.3, 0.4) is 0 Å². The Balaban J connectivity index is 0.00000784. The number of guanidine groups is 1. The second-order valence-electron chi connectivity index (χ2n) is 6.96. The number of nitrogens with zero attached hydrogens (tertiary/aromatic N) is 2. The first-order chi connectivity index (χ1) is 13.5. The monoisotopic (exact) mass is 522 g/mol. The van der Waals surface area contributed by atoms with E-state index in [4.69, 9.17) is 14.2 Å². The number of aliphatic imine (C=N–C) groups is 1. The fourth-order valence-corrected chi connectivity index (χ4v) is 2.93. The highest BCUT2D eigenvalue weighted by Crippen LogP contribution is 2.38. The van der Waals surface area contributed by atoms with E-state index >= 15 is 0 Å². The summed E-state index contributed by atoms with van der Waals surface area (Å²) in [5.74, 6) is 2.69. The number of nitrogens with one attached hydrogen (secondary N) is 2. The molecule has 7 nitrogen and oxygen atoms in total. The van der Waals surface area contributed by atoms with Crippen molar-refractivity contribution >= 4 is 29.9 Å². The number of rotatable bonds is 13. The maximum atomic E-state index is 5.40. The Morgan fingerprint density at radius 2 is 1.48 bits per heavy atom. The van der Waals surface area contributed by atoms with Crippen molar-refractivity contribution in [2.45, 2.75) is 38.6 Å². The lowest BCUT2D eigenvalue weighted by molar-refractivity contribution is 0.323. The summed E-state index contributed by atoms with van der Waals surface area (Å²) in [6.45, 7) is 2.71. The summed E-state index contributed by atoms with van der Waals surface area (Å²) in [6.07, 6.45) is 6.24. The maximum Gasteiger partial charge on any atom is 0.203 e. The lowest BCUT2D eigenvalue weighted by Crippen LogP contribution is -2.37. The fraction of sp³-hybridized carbons (Fsp3) is 0.667. The Bertz CT molecular complexity index is 572. The average molecular weight is 522 g/mol. The number of benzene rings is 1. The molecule has 0 aromatic heterocycles. The molecule has 0 bridgehead atoms. The topological polar surface area (TPSA) is 67.4 Å². The van der Waals surface area contributed by atoms with E-state index in [9.17, 15) is 0 Å². The molecule has 0 aliphatic carbocycles. The molecule has 0 fully saturated rings. The largest absolute Gasteiger partial charge is 0.493 e. The second kappa shape index (κ2) is 16.4. The molecule has 0 aliphatic heterocycles. The van der Waals surface area contributed by atoms with E-state index in [-0.39, 0.29) is 24.0 Å². The van der Waals surface area contributed by atoms with Gasteiger partial charge >= 0.3 is 0 Å². The molecule has 0 spiro atoms. The van der Waals surface area contributed by atoms with E-state index < -0.39 is 0 Å². The van der Waals surface area contributed by atoms with Crippen molar-refractivity contribution in [3.63, 3.8) is 0 Å². The van der Waals surface area contributed by atoms with Crippen LogP contribution in [0.15, 0.2) is 17.1 Å². The molecule has 8 heteroatoms. The minimum atomic E-state index is 0. The van der Waals surface area contributed by atoms with Gasteiger partial charge in [-0.2, -0.15) is 0 Å². The zero-order chi connectivity index (χ0) is 20.8. The normalized spacial score (nSPS) is 11.1. The standard InChI is InChI=1S/C21H38N4O3.HI/c1-22-21(23-12-10-8-7-9-11-13-25(2)3)24-16-17-14-18(26-4)20(28-6)19(15-17)27-5;/h14-15H,7-13,16H2,1-6H3,(H2,22,23,24);1H. The van der Waals surface area contributed by atoms with Crippen LogP contribution in [0.5, 0.6) is 17.2 Å². The molecule has 0 aliphatic rings. The van der Waals surface area contributed by atoms with Gasteiger partial charge in [0.1, 0.15) is 0 Å². The molecule has 0 heterocycles. The van der Waals surface area contributed by atoms with Crippen LogP contribution in [-0.4, -0.2) is 66.4 Å². The Labute approximate surface area is 193 Å². The van der Waals surface area contributed by atoms with E-state index in [1.807, 2.05) is 12.1 Å². The van der Waals surface area contributed by atoms with Crippen LogP contribution >= 0.6 is 24.0 Å². The Kier molecular flexibility index (Phi) is 15.6. The SMILES string of the molecule is CN=C(NCCCCCCCN(C)C)NCc1cc(OC)c(OC)c(OC)c1.I. The van der Waals surface area contributed by atoms with Gasteiger partial charge in [-0.25, -0.2) is 0 Å². The van der Waals surface area contributed by atoms with Gasteiger partial charge in [-0.05, 0) is 51.2 Å². The quantitative estimate of drug-likeness (QED) is 0.179. The van der Waals surface area contributed by atoms with Gasteiger partial charge in [0.2, 0.25) is 5.75 Å². The van der Waals surface area contributed by atoms with Crippen LogP contribution in [0, 0.1) is 0 Å². The highest BCUT2D eigenvalue weighted by molar-refractivity contribution is 14.0. The smallest absolute Gasteiger partial charge is 0.203 e. The third kappa shape index (κ3) is 10.8. The third-order valence-corrected chi connectivity index (χ3v) is 4.48. The van der Waals surface area contributed by atoms with Crippen LogP contribution in [0.1, 0.15) is 37.7 Å². The van der Waals surface area contributed by atoms with Gasteiger partial charge in [-0.15, -0.1) is 24.0 Å². The number of hydrogen-bond acceptors (Lipinski definition) is 5. The second-order valence-corrected chi connectivity index (χ2v) is 6.96. The summed E-state index contributed by atoms with van der Waals surface area (Å²) >= 11 is 0. The lowest BCUT2D eigenvalue weighted by Gasteiger charge is -2.16. The molecular weight excluding hydrogens is 483 g/mol. The van der Waals surface area contributed by atoms with Gasteiger partial charge < -0.3 is 29.7 Å². The maximum absolute atomic E-state index is 5.40. The first-order valence-electron chi connectivity index (χ1n) is 9.93. The number of methoxy groups -OCH3 is 3. The minimum Gasteiger partial charge on any atom is -0.493 e. The van der Waals surface area contributed by atoms with Crippen LogP contribution in [0.25, 0.3) is 0 Å². The summed E-state index contributed by atoms with van der Waals surface area (Å²) in [5.41, 5.74) is 1.03. The predicted molar refractivity (Wildman–Crippen MR) is 131 cm³/mol. The molecule has 0 atom stereocenters. The summed E-state index contributed by atoms with van der Waals surface area (Å²) in [7, 11) is 10.9. The Morgan fingerprint density at radius 1 is 0.897 bits per heavy atom. The van der Waals surface area contributed by atoms with Crippen molar-refractivity contribution in [3.8, 4) is 17.2 Å². The first kappa shape index (κ1) is 27.6. The van der Waals surface area contributed by atoms with Crippen LogP contribution < -0.4 is 24.8 Å². The van der Waals surface area contributed by atoms with Crippen molar-refractivity contribution in [2.75, 3.05) is 55.6 Å². The molecule has 0 saturated heterocycles. The van der Waals surface area contributed by atoms with Crippen molar-refractivity contribution in [1.29, 1.82) is 0 Å². The molecule has 29 heavy (non-hydrogen) atoms. The van der Waals surface area contributed by atoms with Gasteiger partial charge in [0.05, 0.1) is 21.3 Å². The Morgan fingerprint density at radius 3 is 2.00 bits per heavy atom. The highest BCUT2D eigenvalue weighted by Gasteiger charge is 2.13. The molecule has 2 N–H and O–H groups in total. The summed E-state index contributed by atoms with van der Waals surface area (Å²) in [4.78, 5) is 6.53. The van der Waals surface area contributed by atoms with Crippen molar-refractivity contribution < 1.29 is 14.2 Å². The molecule has 1 aromatic carbocycles. The summed E-state index contributed by atoms with van der Waals surface area (Å²) in [5, 5.41) is 6.70. The average Bonchev–Trinajstić information content (AvgIpc) is 2.70. The van der Waals surface area contributed by atoms with Gasteiger partial charge in [0.15, 0.2) is 17.5 Å². The van der Waals surface area contributed by atoms with Crippen molar-refractivity contribution in [2.24, 2.45) is 4.99 Å². The van der Waals surface area contributed by atoms with E-state index in [0.717, 1.165) is 24.5 Å². The van der Waals surface area contributed by atoms with Crippen LogP contribution in [0.2, 0.25) is 0 Å².